The van der Waals surface area contributed by atoms with Crippen LogP contribution in [0.4, 0.5) is 0 Å². The Morgan fingerprint density at radius 2 is 1.22 bits per heavy atom. The van der Waals surface area contributed by atoms with E-state index in [4.69, 9.17) is 4.98 Å². The van der Waals surface area contributed by atoms with Crippen molar-refractivity contribution in [3.8, 4) is 39.3 Å². The fourth-order valence-electron chi connectivity index (χ4n) is 9.92. The van der Waals surface area contributed by atoms with E-state index in [0.29, 0.717) is 0 Å². The lowest BCUT2D eigenvalue weighted by molar-refractivity contribution is 0.990. The highest BCUT2D eigenvalue weighted by Crippen LogP contribution is 2.47. The van der Waals surface area contributed by atoms with Crippen LogP contribution < -0.4 is 0 Å². The van der Waals surface area contributed by atoms with Crippen molar-refractivity contribution in [1.29, 1.82) is 0 Å². The van der Waals surface area contributed by atoms with Gasteiger partial charge in [0.15, 0.2) is 0 Å². The zero-order valence-electron chi connectivity index (χ0n) is 32.7. The van der Waals surface area contributed by atoms with Crippen LogP contribution in [0, 0.1) is 0 Å². The van der Waals surface area contributed by atoms with Crippen molar-refractivity contribution >= 4 is 65.8 Å². The average molecular weight is 753 g/mol. The molecule has 1 aromatic heterocycles. The van der Waals surface area contributed by atoms with Crippen LogP contribution in [0.2, 0.25) is 0 Å². The topological polar surface area (TPSA) is 17.8 Å². The van der Waals surface area contributed by atoms with Crippen LogP contribution in [0.5, 0.6) is 0 Å². The highest BCUT2D eigenvalue weighted by atomic mass is 15.1. The molecule has 0 N–H and O–H groups in total. The highest BCUT2D eigenvalue weighted by Gasteiger charge is 2.21. The van der Waals surface area contributed by atoms with Crippen molar-refractivity contribution in [3.63, 3.8) is 0 Å². The van der Waals surface area contributed by atoms with Crippen molar-refractivity contribution < 1.29 is 0 Å². The minimum absolute atomic E-state index is 0.946. The van der Waals surface area contributed by atoms with Crippen LogP contribution in [0.3, 0.4) is 0 Å². The van der Waals surface area contributed by atoms with Gasteiger partial charge in [0.25, 0.3) is 0 Å². The Hall–Kier alpha value is -7.29. The minimum atomic E-state index is 0.946. The number of rotatable bonds is 5. The number of aryl methyl sites for hydroxylation is 1. The van der Waals surface area contributed by atoms with Gasteiger partial charge >= 0.3 is 0 Å². The van der Waals surface area contributed by atoms with Gasteiger partial charge in [-0.1, -0.05) is 152 Å². The van der Waals surface area contributed by atoms with Gasteiger partial charge in [0.1, 0.15) is 5.82 Å². The molecule has 59 heavy (non-hydrogen) atoms. The fraction of sp³-hybridized carbons (Fsp3) is 0.0702. The van der Waals surface area contributed by atoms with E-state index >= 15 is 0 Å². The number of allylic oxidation sites excluding steroid dienone is 5. The molecule has 278 valence electrons. The Labute approximate surface area is 343 Å². The monoisotopic (exact) mass is 752 g/mol. The second-order valence-electron chi connectivity index (χ2n) is 16.1. The number of imidazole rings is 1. The first-order valence-electron chi connectivity index (χ1n) is 20.9. The van der Waals surface area contributed by atoms with Crippen LogP contribution in [0.15, 0.2) is 188 Å². The van der Waals surface area contributed by atoms with Gasteiger partial charge in [-0.25, -0.2) is 4.98 Å². The number of nitrogens with zero attached hydrogens (tertiary/aromatic N) is 2. The fourth-order valence-corrected chi connectivity index (χ4v) is 9.92. The van der Waals surface area contributed by atoms with Crippen LogP contribution >= 0.6 is 0 Å². The molecular weight excluding hydrogens is 713 g/mol. The van der Waals surface area contributed by atoms with Gasteiger partial charge in [-0.05, 0) is 156 Å². The zero-order valence-corrected chi connectivity index (χ0v) is 32.7. The van der Waals surface area contributed by atoms with Gasteiger partial charge < -0.3 is 0 Å². The SMILES string of the molecule is C1=CCCC(c2c3ccccc3c(-c3cccc4cc5c6c(ccc5cc34)CCC=C6)c3ccc(-c4ccc(-n5c(-c6ccccc6)nc6ccccc65)cc4)cc23)=C1. The summed E-state index contributed by atoms with van der Waals surface area (Å²) in [5.74, 6) is 0.946. The molecule has 0 atom stereocenters. The Balaban J connectivity index is 1.06. The normalized spacial score (nSPS) is 13.8. The summed E-state index contributed by atoms with van der Waals surface area (Å²) >= 11 is 0. The predicted octanol–water partition coefficient (Wildman–Crippen LogP) is 15.3. The molecule has 0 saturated carbocycles. The van der Waals surface area contributed by atoms with E-state index in [1.165, 1.54) is 87.6 Å². The smallest absolute Gasteiger partial charge is 0.145 e. The average Bonchev–Trinajstić information content (AvgIpc) is 3.70. The second kappa shape index (κ2) is 13.7. The van der Waals surface area contributed by atoms with Crippen LogP contribution in [-0.4, -0.2) is 9.55 Å². The molecule has 2 nitrogen and oxygen atoms in total. The van der Waals surface area contributed by atoms with Gasteiger partial charge in [-0.2, -0.15) is 0 Å². The molecule has 0 saturated heterocycles. The van der Waals surface area contributed by atoms with Gasteiger partial charge in [0.05, 0.1) is 11.0 Å². The van der Waals surface area contributed by atoms with Gasteiger partial charge in [0.2, 0.25) is 0 Å². The molecule has 2 heteroatoms. The lowest BCUT2D eigenvalue weighted by Gasteiger charge is -2.22. The molecule has 9 aromatic carbocycles. The first kappa shape index (κ1) is 33.8. The summed E-state index contributed by atoms with van der Waals surface area (Å²) in [6, 6.07) is 60.6. The van der Waals surface area contributed by atoms with E-state index in [9.17, 15) is 0 Å². The van der Waals surface area contributed by atoms with Gasteiger partial charge in [0, 0.05) is 11.3 Å². The highest BCUT2D eigenvalue weighted by molar-refractivity contribution is 6.22. The van der Waals surface area contributed by atoms with Crippen LogP contribution in [0.25, 0.3) is 105 Å². The minimum Gasteiger partial charge on any atom is -0.292 e. The van der Waals surface area contributed by atoms with Crippen molar-refractivity contribution in [2.75, 3.05) is 0 Å². The number of para-hydroxylation sites is 2. The number of hydrogen-bond donors (Lipinski definition) is 0. The third-order valence-corrected chi connectivity index (χ3v) is 12.7. The summed E-state index contributed by atoms with van der Waals surface area (Å²) in [6.45, 7) is 0. The summed E-state index contributed by atoms with van der Waals surface area (Å²) in [4.78, 5) is 5.09. The Bertz CT molecular complexity index is 3410. The maximum Gasteiger partial charge on any atom is 0.145 e. The van der Waals surface area contributed by atoms with Crippen LogP contribution in [0.1, 0.15) is 36.0 Å². The molecule has 2 aliphatic rings. The van der Waals surface area contributed by atoms with E-state index in [1.807, 2.05) is 0 Å². The third-order valence-electron chi connectivity index (χ3n) is 12.7. The molecule has 0 unspecified atom stereocenters. The standard InChI is InChI=1S/C57H40N2/c1-3-15-39(16-4-1)55-46-21-9-10-22-47(46)56(48-23-13-19-42-35-50-43(36-51(42)48)27-26-38-14-7-8-20-45(38)50)49-33-30-41(34-52(49)55)37-28-31-44(32-29-37)59-54-25-12-11-24-53(54)58-57(59)40-17-5-2-6-18-40/h1-3,5-6,8-13,15,17-36H,4,7,14,16H2. The molecule has 0 bridgehead atoms. The van der Waals surface area contributed by atoms with E-state index in [0.717, 1.165) is 53.8 Å². The molecule has 0 fully saturated rings. The summed E-state index contributed by atoms with van der Waals surface area (Å²) < 4.78 is 2.28. The molecular formula is C57H40N2. The third kappa shape index (κ3) is 5.51. The molecule has 0 aliphatic heterocycles. The quantitative estimate of drug-likeness (QED) is 0.160. The number of fused-ring (bicyclic) bond motifs is 7. The summed E-state index contributed by atoms with van der Waals surface area (Å²) in [5, 5.41) is 10.4. The molecule has 2 aliphatic carbocycles. The van der Waals surface area contributed by atoms with E-state index in [-0.39, 0.29) is 0 Å². The van der Waals surface area contributed by atoms with Crippen molar-refractivity contribution in [3.05, 3.63) is 205 Å². The molecule has 0 spiro atoms. The summed E-state index contributed by atoms with van der Waals surface area (Å²) in [5.41, 5.74) is 14.8. The van der Waals surface area contributed by atoms with Crippen molar-refractivity contribution in [2.45, 2.75) is 25.7 Å². The maximum atomic E-state index is 5.09. The first-order valence-corrected chi connectivity index (χ1v) is 20.9. The predicted molar refractivity (Wildman–Crippen MR) is 251 cm³/mol. The first-order chi connectivity index (χ1) is 29.3. The summed E-state index contributed by atoms with van der Waals surface area (Å²) in [6.07, 6.45) is 15.8. The second-order valence-corrected chi connectivity index (χ2v) is 16.1. The molecule has 10 aromatic rings. The lowest BCUT2D eigenvalue weighted by Crippen LogP contribution is -1.98. The molecule has 0 amide bonds. The zero-order chi connectivity index (χ0) is 38.9. The molecule has 1 heterocycles. The Morgan fingerprint density at radius 3 is 2.08 bits per heavy atom. The number of aromatic nitrogens is 2. The maximum absolute atomic E-state index is 5.09. The Kier molecular flexibility index (Phi) is 7.84. The van der Waals surface area contributed by atoms with E-state index in [2.05, 4.69) is 199 Å². The van der Waals surface area contributed by atoms with Gasteiger partial charge in [-0.15, -0.1) is 0 Å². The number of benzene rings is 9. The summed E-state index contributed by atoms with van der Waals surface area (Å²) in [7, 11) is 0. The van der Waals surface area contributed by atoms with E-state index in [1.54, 1.807) is 0 Å². The van der Waals surface area contributed by atoms with Crippen LogP contribution in [-0.2, 0) is 6.42 Å². The van der Waals surface area contributed by atoms with Crippen molar-refractivity contribution in [2.24, 2.45) is 0 Å². The van der Waals surface area contributed by atoms with Gasteiger partial charge in [-0.3, -0.25) is 4.57 Å². The number of hydrogen-bond acceptors (Lipinski definition) is 1. The molecule has 12 rings (SSSR count). The lowest BCUT2D eigenvalue weighted by atomic mass is 9.82. The van der Waals surface area contributed by atoms with Crippen molar-refractivity contribution in [1.82, 2.24) is 9.55 Å². The Morgan fingerprint density at radius 1 is 0.475 bits per heavy atom. The van der Waals surface area contributed by atoms with E-state index < -0.39 is 0 Å². The largest absolute Gasteiger partial charge is 0.292 e. The molecule has 0 radical (unpaired) electrons.